The van der Waals surface area contributed by atoms with Crippen molar-refractivity contribution >= 4 is 5.82 Å². The molecule has 1 N–H and O–H groups in total. The van der Waals surface area contributed by atoms with Gasteiger partial charge in [-0.2, -0.15) is 0 Å². The highest BCUT2D eigenvalue weighted by Crippen LogP contribution is 2.17. The highest BCUT2D eigenvalue weighted by molar-refractivity contribution is 5.42. The summed E-state index contributed by atoms with van der Waals surface area (Å²) in [7, 11) is 0. The molecule has 0 aliphatic heterocycles. The van der Waals surface area contributed by atoms with Gasteiger partial charge in [-0.1, -0.05) is 27.2 Å². The largest absolute Gasteiger partial charge is 0.392 e. The first-order valence-corrected chi connectivity index (χ1v) is 7.10. The maximum Gasteiger partial charge on any atom is 0.129 e. The van der Waals surface area contributed by atoms with Gasteiger partial charge in [0.2, 0.25) is 0 Å². The third-order valence-corrected chi connectivity index (χ3v) is 2.92. The Kier molecular flexibility index (Phi) is 6.73. The molecule has 18 heavy (non-hydrogen) atoms. The Morgan fingerprint density at radius 3 is 2.22 bits per heavy atom. The Hall–Kier alpha value is -1.09. The predicted octanol–water partition coefficient (Wildman–Crippen LogP) is 3.15. The summed E-state index contributed by atoms with van der Waals surface area (Å²) in [6, 6.07) is 4.04. The van der Waals surface area contributed by atoms with E-state index < -0.39 is 0 Å². The molecule has 1 aromatic heterocycles. The second-order valence-corrected chi connectivity index (χ2v) is 4.72. The molecule has 0 aromatic carbocycles. The molecule has 1 heterocycles. The number of hydrogen-bond donors (Lipinski definition) is 1. The van der Waals surface area contributed by atoms with Crippen molar-refractivity contribution in [3.05, 3.63) is 23.4 Å². The first kappa shape index (κ1) is 15.0. The summed E-state index contributed by atoms with van der Waals surface area (Å²) >= 11 is 0. The van der Waals surface area contributed by atoms with E-state index in [0.717, 1.165) is 55.8 Å². The number of aliphatic hydroxyl groups excluding tert-OH is 1. The van der Waals surface area contributed by atoms with Crippen molar-refractivity contribution in [3.63, 3.8) is 0 Å². The van der Waals surface area contributed by atoms with E-state index in [1.807, 2.05) is 12.1 Å². The van der Waals surface area contributed by atoms with Crippen LogP contribution in [0.2, 0.25) is 0 Å². The number of nitrogens with zero attached hydrogens (tertiary/aromatic N) is 2. The molecular formula is C15H26N2O. The molecule has 0 spiro atoms. The van der Waals surface area contributed by atoms with Crippen molar-refractivity contribution in [1.29, 1.82) is 0 Å². The van der Waals surface area contributed by atoms with Crippen LogP contribution in [0.15, 0.2) is 12.1 Å². The van der Waals surface area contributed by atoms with Gasteiger partial charge in [0.1, 0.15) is 5.82 Å². The maximum atomic E-state index is 9.35. The average Bonchev–Trinajstić information content (AvgIpc) is 2.38. The summed E-state index contributed by atoms with van der Waals surface area (Å²) in [6.07, 6.45) is 4.30. The summed E-state index contributed by atoms with van der Waals surface area (Å²) in [4.78, 5) is 7.04. The lowest BCUT2D eigenvalue weighted by molar-refractivity contribution is 0.281. The second-order valence-electron chi connectivity index (χ2n) is 4.72. The molecule has 1 rings (SSSR count). The van der Waals surface area contributed by atoms with Crippen LogP contribution in [0.4, 0.5) is 5.82 Å². The van der Waals surface area contributed by atoms with Gasteiger partial charge in [-0.05, 0) is 37.0 Å². The molecular weight excluding hydrogens is 224 g/mol. The number of aliphatic hydroxyl groups is 1. The zero-order chi connectivity index (χ0) is 13.4. The number of pyridine rings is 1. The number of rotatable bonds is 8. The van der Waals surface area contributed by atoms with Gasteiger partial charge in [-0.15, -0.1) is 0 Å². The Bertz CT molecular complexity index is 346. The van der Waals surface area contributed by atoms with Crippen molar-refractivity contribution in [2.75, 3.05) is 18.0 Å². The molecule has 102 valence electrons. The standard InChI is InChI=1S/C15H26N2O/c1-4-7-14-10-13(12-18)11-15(16-14)17(8-5-2)9-6-3/h10-11,18H,4-9,12H2,1-3H3. The first-order valence-electron chi connectivity index (χ1n) is 7.10. The lowest BCUT2D eigenvalue weighted by atomic mass is 10.1. The summed E-state index contributed by atoms with van der Waals surface area (Å²) in [5.74, 6) is 1.02. The van der Waals surface area contributed by atoms with Gasteiger partial charge < -0.3 is 10.0 Å². The molecule has 0 fully saturated rings. The van der Waals surface area contributed by atoms with Gasteiger partial charge in [-0.3, -0.25) is 0 Å². The van der Waals surface area contributed by atoms with E-state index in [9.17, 15) is 5.11 Å². The van der Waals surface area contributed by atoms with E-state index in [1.165, 1.54) is 0 Å². The molecule has 0 aliphatic rings. The Morgan fingerprint density at radius 1 is 1.06 bits per heavy atom. The van der Waals surface area contributed by atoms with Crippen LogP contribution in [0.3, 0.4) is 0 Å². The van der Waals surface area contributed by atoms with E-state index in [0.29, 0.717) is 0 Å². The summed E-state index contributed by atoms with van der Waals surface area (Å²) in [5, 5.41) is 9.35. The van der Waals surface area contributed by atoms with Crippen molar-refractivity contribution in [1.82, 2.24) is 4.98 Å². The van der Waals surface area contributed by atoms with Crippen molar-refractivity contribution in [2.45, 2.75) is 53.1 Å². The van der Waals surface area contributed by atoms with E-state index in [1.54, 1.807) is 0 Å². The minimum atomic E-state index is 0.0956. The monoisotopic (exact) mass is 250 g/mol. The zero-order valence-electron chi connectivity index (χ0n) is 11.9. The topological polar surface area (TPSA) is 36.4 Å². The van der Waals surface area contributed by atoms with Crippen LogP contribution in [-0.2, 0) is 13.0 Å². The molecule has 3 nitrogen and oxygen atoms in total. The maximum absolute atomic E-state index is 9.35. The van der Waals surface area contributed by atoms with Crippen LogP contribution in [-0.4, -0.2) is 23.2 Å². The van der Waals surface area contributed by atoms with E-state index in [2.05, 4.69) is 25.7 Å². The van der Waals surface area contributed by atoms with E-state index >= 15 is 0 Å². The molecule has 0 aliphatic carbocycles. The van der Waals surface area contributed by atoms with Crippen LogP contribution in [0, 0.1) is 0 Å². The highest BCUT2D eigenvalue weighted by Gasteiger charge is 2.09. The third-order valence-electron chi connectivity index (χ3n) is 2.92. The highest BCUT2D eigenvalue weighted by atomic mass is 16.3. The summed E-state index contributed by atoms with van der Waals surface area (Å²) in [5.41, 5.74) is 2.07. The first-order chi connectivity index (χ1) is 8.74. The molecule has 0 bridgehead atoms. The predicted molar refractivity (Wildman–Crippen MR) is 76.9 cm³/mol. The fourth-order valence-electron chi connectivity index (χ4n) is 2.15. The number of hydrogen-bond acceptors (Lipinski definition) is 3. The lowest BCUT2D eigenvalue weighted by Gasteiger charge is -2.23. The van der Waals surface area contributed by atoms with Gasteiger partial charge in [0.05, 0.1) is 6.61 Å². The van der Waals surface area contributed by atoms with Crippen LogP contribution in [0.1, 0.15) is 51.3 Å². The Labute approximate surface area is 111 Å². The fraction of sp³-hybridized carbons (Fsp3) is 0.667. The molecule has 0 unspecified atom stereocenters. The number of anilines is 1. The smallest absolute Gasteiger partial charge is 0.129 e. The Balaban J connectivity index is 2.99. The molecule has 0 atom stereocenters. The minimum Gasteiger partial charge on any atom is -0.392 e. The number of aryl methyl sites for hydroxylation is 1. The minimum absolute atomic E-state index is 0.0956. The molecule has 3 heteroatoms. The zero-order valence-corrected chi connectivity index (χ0v) is 11.9. The van der Waals surface area contributed by atoms with Crippen LogP contribution >= 0.6 is 0 Å². The molecule has 0 saturated heterocycles. The molecule has 0 radical (unpaired) electrons. The Morgan fingerprint density at radius 2 is 1.72 bits per heavy atom. The SMILES string of the molecule is CCCc1cc(CO)cc(N(CCC)CCC)n1. The van der Waals surface area contributed by atoms with Crippen molar-refractivity contribution < 1.29 is 5.11 Å². The lowest BCUT2D eigenvalue weighted by Crippen LogP contribution is -2.26. The third kappa shape index (κ3) is 4.30. The normalized spacial score (nSPS) is 10.7. The molecule has 0 amide bonds. The van der Waals surface area contributed by atoms with E-state index in [-0.39, 0.29) is 6.61 Å². The number of aromatic nitrogens is 1. The summed E-state index contributed by atoms with van der Waals surface area (Å²) < 4.78 is 0. The van der Waals surface area contributed by atoms with Gasteiger partial charge in [0.15, 0.2) is 0 Å². The molecule has 1 aromatic rings. The quantitative estimate of drug-likeness (QED) is 0.770. The average molecular weight is 250 g/mol. The van der Waals surface area contributed by atoms with Gasteiger partial charge in [-0.25, -0.2) is 4.98 Å². The van der Waals surface area contributed by atoms with Gasteiger partial charge >= 0.3 is 0 Å². The second kappa shape index (κ2) is 8.09. The van der Waals surface area contributed by atoms with Gasteiger partial charge in [0.25, 0.3) is 0 Å². The van der Waals surface area contributed by atoms with Crippen molar-refractivity contribution in [2.24, 2.45) is 0 Å². The van der Waals surface area contributed by atoms with Gasteiger partial charge in [0, 0.05) is 18.8 Å². The summed E-state index contributed by atoms with van der Waals surface area (Å²) in [6.45, 7) is 8.68. The van der Waals surface area contributed by atoms with Crippen LogP contribution in [0.25, 0.3) is 0 Å². The van der Waals surface area contributed by atoms with Crippen LogP contribution < -0.4 is 4.90 Å². The van der Waals surface area contributed by atoms with Crippen LogP contribution in [0.5, 0.6) is 0 Å². The van der Waals surface area contributed by atoms with Crippen molar-refractivity contribution in [3.8, 4) is 0 Å². The molecule has 0 saturated carbocycles. The fourth-order valence-corrected chi connectivity index (χ4v) is 2.15. The van der Waals surface area contributed by atoms with E-state index in [4.69, 9.17) is 4.98 Å².